The molecule has 2 aliphatic rings. The van der Waals surface area contributed by atoms with Crippen LogP contribution >= 0.6 is 0 Å². The second-order valence-corrected chi connectivity index (χ2v) is 7.55. The van der Waals surface area contributed by atoms with Crippen molar-refractivity contribution >= 4 is 0 Å². The summed E-state index contributed by atoms with van der Waals surface area (Å²) in [5.74, 6) is 0.417. The van der Waals surface area contributed by atoms with Crippen molar-refractivity contribution in [2.45, 2.75) is 52.3 Å². The van der Waals surface area contributed by atoms with Crippen LogP contribution < -0.4 is 0 Å². The highest BCUT2D eigenvalue weighted by Gasteiger charge is 2.39. The summed E-state index contributed by atoms with van der Waals surface area (Å²) in [4.78, 5) is 4.07. The Labute approximate surface area is 149 Å². The fourth-order valence-electron chi connectivity index (χ4n) is 3.29. The van der Waals surface area contributed by atoms with Crippen molar-refractivity contribution in [3.05, 3.63) is 47.9 Å². The molecule has 2 rings (SSSR count). The quantitative estimate of drug-likeness (QED) is 0.574. The predicted molar refractivity (Wildman–Crippen MR) is 96.9 cm³/mol. The number of alkyl halides is 3. The zero-order valence-electron chi connectivity index (χ0n) is 15.5. The molecule has 0 aliphatic carbocycles. The summed E-state index contributed by atoms with van der Waals surface area (Å²) in [6, 6.07) is -0.0301. The molecule has 0 aromatic rings. The first kappa shape index (κ1) is 19.8. The molecule has 25 heavy (non-hydrogen) atoms. The van der Waals surface area contributed by atoms with Crippen molar-refractivity contribution < 1.29 is 13.2 Å². The average molecular weight is 354 g/mol. The maximum atomic E-state index is 13.5. The minimum Gasteiger partial charge on any atom is -0.341 e. The molecule has 0 N–H and O–H groups in total. The van der Waals surface area contributed by atoms with Gasteiger partial charge in [-0.3, -0.25) is 0 Å². The highest BCUT2D eigenvalue weighted by atomic mass is 19.4. The number of allylic oxidation sites excluding steroid dienone is 2. The molecule has 140 valence electrons. The summed E-state index contributed by atoms with van der Waals surface area (Å²) in [7, 11) is 0. The third-order valence-corrected chi connectivity index (χ3v) is 4.83. The first-order chi connectivity index (χ1) is 11.6. The van der Waals surface area contributed by atoms with Crippen LogP contribution in [0.4, 0.5) is 13.2 Å². The molecule has 0 amide bonds. The van der Waals surface area contributed by atoms with Gasteiger partial charge in [-0.2, -0.15) is 13.2 Å². The molecule has 0 saturated carbocycles. The van der Waals surface area contributed by atoms with Gasteiger partial charge in [0, 0.05) is 18.4 Å². The van der Waals surface area contributed by atoms with Crippen LogP contribution in [0.3, 0.4) is 0 Å². The number of nitrogens with zero attached hydrogens (tertiary/aromatic N) is 2. The van der Waals surface area contributed by atoms with Gasteiger partial charge in [-0.05, 0) is 56.8 Å². The first-order valence-corrected chi connectivity index (χ1v) is 8.94. The lowest BCUT2D eigenvalue weighted by molar-refractivity contribution is -0.0902. The molecule has 2 aliphatic heterocycles. The molecule has 0 radical (unpaired) electrons. The van der Waals surface area contributed by atoms with Crippen molar-refractivity contribution in [3.8, 4) is 0 Å². The van der Waals surface area contributed by atoms with E-state index in [0.717, 1.165) is 31.5 Å². The summed E-state index contributed by atoms with van der Waals surface area (Å²) in [5, 5.41) is 0. The van der Waals surface area contributed by atoms with Gasteiger partial charge >= 0.3 is 6.18 Å². The maximum Gasteiger partial charge on any atom is 0.416 e. The molecule has 1 fully saturated rings. The van der Waals surface area contributed by atoms with Crippen molar-refractivity contribution in [1.82, 2.24) is 9.80 Å². The third kappa shape index (κ3) is 5.00. The number of hydrogen-bond acceptors (Lipinski definition) is 2. The van der Waals surface area contributed by atoms with Crippen LogP contribution in [0.5, 0.6) is 0 Å². The molecule has 1 saturated heterocycles. The molecule has 0 spiro atoms. The number of hydrogen-bond donors (Lipinski definition) is 0. The Bertz CT molecular complexity index is 580. The fourth-order valence-corrected chi connectivity index (χ4v) is 3.29. The van der Waals surface area contributed by atoms with E-state index in [2.05, 4.69) is 31.9 Å². The average Bonchev–Trinajstić information content (AvgIpc) is 2.43. The highest BCUT2D eigenvalue weighted by molar-refractivity contribution is 5.45. The highest BCUT2D eigenvalue weighted by Crippen LogP contribution is 2.39. The van der Waals surface area contributed by atoms with Gasteiger partial charge in [-0.1, -0.05) is 32.6 Å². The summed E-state index contributed by atoms with van der Waals surface area (Å²) >= 11 is 0. The van der Waals surface area contributed by atoms with Crippen molar-refractivity contribution in [2.24, 2.45) is 5.92 Å². The molecule has 1 unspecified atom stereocenters. The maximum absolute atomic E-state index is 13.5. The predicted octanol–water partition coefficient (Wildman–Crippen LogP) is 5.27. The number of rotatable bonds is 7. The largest absolute Gasteiger partial charge is 0.416 e. The molecule has 2 heterocycles. The van der Waals surface area contributed by atoms with E-state index in [-0.39, 0.29) is 6.04 Å². The molecule has 5 heteroatoms. The van der Waals surface area contributed by atoms with Crippen LogP contribution in [0.25, 0.3) is 0 Å². The molecule has 0 aromatic heterocycles. The normalized spacial score (nSPS) is 20.3. The standard InChI is InChI=1S/C20H29F3N2/c1-14(2)11-19(15(3)4)25-13-17(7-10-24-8-6-9-24)18(12-16(25)5)20(21,22)23/h12-14,19H,3,5-11H2,1-2,4H3. The van der Waals surface area contributed by atoms with Gasteiger partial charge in [0.25, 0.3) is 0 Å². The summed E-state index contributed by atoms with van der Waals surface area (Å²) in [6.07, 6.45) is 0.871. The topological polar surface area (TPSA) is 6.48 Å². The van der Waals surface area contributed by atoms with Crippen LogP contribution in [0, 0.1) is 5.92 Å². The Balaban J connectivity index is 2.27. The van der Waals surface area contributed by atoms with E-state index in [1.54, 1.807) is 6.20 Å². The van der Waals surface area contributed by atoms with Gasteiger partial charge in [-0.25, -0.2) is 0 Å². The Morgan fingerprint density at radius 3 is 2.36 bits per heavy atom. The van der Waals surface area contributed by atoms with E-state index in [4.69, 9.17) is 0 Å². The zero-order chi connectivity index (χ0) is 18.8. The molecule has 0 bridgehead atoms. The molecular formula is C20H29F3N2. The molecule has 2 nitrogen and oxygen atoms in total. The summed E-state index contributed by atoms with van der Waals surface area (Å²) < 4.78 is 40.4. The molecule has 0 aromatic carbocycles. The van der Waals surface area contributed by atoms with Gasteiger partial charge in [0.2, 0.25) is 0 Å². The lowest BCUT2D eigenvalue weighted by Gasteiger charge is -2.38. The lowest BCUT2D eigenvalue weighted by Crippen LogP contribution is -2.39. The van der Waals surface area contributed by atoms with Crippen LogP contribution in [0.2, 0.25) is 0 Å². The zero-order valence-corrected chi connectivity index (χ0v) is 15.5. The molecule has 1 atom stereocenters. The van der Waals surface area contributed by atoms with Gasteiger partial charge in [0.05, 0.1) is 11.6 Å². The fraction of sp³-hybridized carbons (Fsp3) is 0.600. The monoisotopic (exact) mass is 354 g/mol. The van der Waals surface area contributed by atoms with E-state index in [1.807, 2.05) is 11.8 Å². The van der Waals surface area contributed by atoms with E-state index in [1.165, 1.54) is 6.08 Å². The van der Waals surface area contributed by atoms with E-state index >= 15 is 0 Å². The van der Waals surface area contributed by atoms with E-state index in [9.17, 15) is 13.2 Å². The van der Waals surface area contributed by atoms with E-state index < -0.39 is 11.7 Å². The van der Waals surface area contributed by atoms with Gasteiger partial charge < -0.3 is 9.80 Å². The molecular weight excluding hydrogens is 325 g/mol. The summed E-state index contributed by atoms with van der Waals surface area (Å²) in [6.45, 7) is 16.7. The lowest BCUT2D eigenvalue weighted by atomic mass is 9.93. The number of likely N-dealkylation sites (tertiary alicyclic amines) is 1. The van der Waals surface area contributed by atoms with Gasteiger partial charge in [0.15, 0.2) is 0 Å². The summed E-state index contributed by atoms with van der Waals surface area (Å²) in [5.41, 5.74) is 1.12. The van der Waals surface area contributed by atoms with Crippen LogP contribution in [0.1, 0.15) is 40.0 Å². The first-order valence-electron chi connectivity index (χ1n) is 8.94. The second kappa shape index (κ2) is 7.81. The SMILES string of the molecule is C=C(C)C(CC(C)C)N1C=C(CCN2CCC2)C(C(F)(F)F)=CC1=C. The Kier molecular flexibility index (Phi) is 6.20. The van der Waals surface area contributed by atoms with Crippen LogP contribution in [-0.4, -0.2) is 41.7 Å². The smallest absolute Gasteiger partial charge is 0.341 e. The van der Waals surface area contributed by atoms with Crippen LogP contribution in [0.15, 0.2) is 47.9 Å². The van der Waals surface area contributed by atoms with Gasteiger partial charge in [-0.15, -0.1) is 0 Å². The van der Waals surface area contributed by atoms with Gasteiger partial charge in [0.1, 0.15) is 0 Å². The van der Waals surface area contributed by atoms with Crippen molar-refractivity contribution in [3.63, 3.8) is 0 Å². The Hall–Kier alpha value is -1.49. The second-order valence-electron chi connectivity index (χ2n) is 7.55. The minimum absolute atomic E-state index is 0.0301. The van der Waals surface area contributed by atoms with Crippen molar-refractivity contribution in [2.75, 3.05) is 19.6 Å². The minimum atomic E-state index is -4.35. The van der Waals surface area contributed by atoms with E-state index in [0.29, 0.717) is 30.2 Å². The van der Waals surface area contributed by atoms with Crippen LogP contribution in [-0.2, 0) is 0 Å². The Morgan fingerprint density at radius 1 is 1.28 bits per heavy atom. The third-order valence-electron chi connectivity index (χ3n) is 4.83. The number of halogens is 3. The Morgan fingerprint density at radius 2 is 1.92 bits per heavy atom. The van der Waals surface area contributed by atoms with Crippen molar-refractivity contribution in [1.29, 1.82) is 0 Å².